The molecule has 6 nitrogen and oxygen atoms in total. The van der Waals surface area contributed by atoms with Gasteiger partial charge in [0.15, 0.2) is 0 Å². The largest absolute Gasteiger partial charge is 0.306 e. The number of amides is 1. The summed E-state index contributed by atoms with van der Waals surface area (Å²) in [7, 11) is 1.82. The number of rotatable bonds is 3. The number of halogens is 1. The van der Waals surface area contributed by atoms with Crippen molar-refractivity contribution < 1.29 is 4.79 Å². The number of aryl methyl sites for hydroxylation is 3. The van der Waals surface area contributed by atoms with Gasteiger partial charge >= 0.3 is 0 Å². The van der Waals surface area contributed by atoms with Crippen molar-refractivity contribution >= 4 is 33.3 Å². The van der Waals surface area contributed by atoms with Gasteiger partial charge in [-0.1, -0.05) is 28.1 Å². The van der Waals surface area contributed by atoms with Gasteiger partial charge in [0.2, 0.25) is 0 Å². The maximum atomic E-state index is 12.8. The van der Waals surface area contributed by atoms with E-state index in [1.807, 2.05) is 67.9 Å². The molecule has 4 rings (SSSR count). The van der Waals surface area contributed by atoms with Gasteiger partial charge in [-0.15, -0.1) is 0 Å². The van der Waals surface area contributed by atoms with E-state index in [0.717, 1.165) is 32.5 Å². The Morgan fingerprint density at radius 2 is 1.89 bits per heavy atom. The first kappa shape index (κ1) is 17.5. The molecule has 1 amide bonds. The predicted molar refractivity (Wildman–Crippen MR) is 109 cm³/mol. The summed E-state index contributed by atoms with van der Waals surface area (Å²) in [6.45, 7) is 3.93. The molecular formula is C20H18BrN5O. The topological polar surface area (TPSA) is 64.2 Å². The number of anilines is 1. The van der Waals surface area contributed by atoms with Crippen molar-refractivity contribution in [3.63, 3.8) is 0 Å². The summed E-state index contributed by atoms with van der Waals surface area (Å²) in [6, 6.07) is 11.9. The number of fused-ring (bicyclic) bond motifs is 1. The van der Waals surface area contributed by atoms with Crippen LogP contribution in [0.2, 0.25) is 0 Å². The van der Waals surface area contributed by atoms with E-state index >= 15 is 0 Å². The van der Waals surface area contributed by atoms with E-state index in [1.165, 1.54) is 0 Å². The molecule has 3 heterocycles. The van der Waals surface area contributed by atoms with Crippen LogP contribution in [-0.2, 0) is 7.05 Å². The van der Waals surface area contributed by atoms with Crippen LogP contribution < -0.4 is 5.32 Å². The molecule has 0 fully saturated rings. The number of aromatic nitrogens is 4. The summed E-state index contributed by atoms with van der Waals surface area (Å²) < 4.78 is 4.52. The van der Waals surface area contributed by atoms with Crippen LogP contribution in [0.3, 0.4) is 0 Å². The number of nitrogens with zero attached hydrogens (tertiary/aromatic N) is 4. The van der Waals surface area contributed by atoms with Gasteiger partial charge in [-0.25, -0.2) is 4.98 Å². The molecular weight excluding hydrogens is 406 g/mol. The highest BCUT2D eigenvalue weighted by Crippen LogP contribution is 2.32. The van der Waals surface area contributed by atoms with Gasteiger partial charge in [0.05, 0.1) is 5.69 Å². The second-order valence-corrected chi connectivity index (χ2v) is 7.41. The molecule has 0 bridgehead atoms. The van der Waals surface area contributed by atoms with Gasteiger partial charge in [-0.3, -0.25) is 9.48 Å². The van der Waals surface area contributed by atoms with Crippen molar-refractivity contribution in [1.82, 2.24) is 19.2 Å². The van der Waals surface area contributed by atoms with Crippen LogP contribution in [0.25, 0.3) is 16.8 Å². The second kappa shape index (κ2) is 6.66. The van der Waals surface area contributed by atoms with Crippen molar-refractivity contribution in [2.24, 2.45) is 7.05 Å². The van der Waals surface area contributed by atoms with Crippen molar-refractivity contribution in [1.29, 1.82) is 0 Å². The number of imidazole rings is 1. The van der Waals surface area contributed by atoms with Gasteiger partial charge in [-0.05, 0) is 49.2 Å². The molecule has 0 saturated carbocycles. The molecule has 4 aromatic rings. The monoisotopic (exact) mass is 423 g/mol. The lowest BCUT2D eigenvalue weighted by molar-refractivity contribution is 0.102. The summed E-state index contributed by atoms with van der Waals surface area (Å²) in [5, 5.41) is 7.45. The SMILES string of the molecule is Cc1ccn2cc(C(=O)Nc3c(-c4ccc(Br)cc4)c(C)nn3C)nc2c1. The highest BCUT2D eigenvalue weighted by atomic mass is 79.9. The Morgan fingerprint density at radius 3 is 2.63 bits per heavy atom. The highest BCUT2D eigenvalue weighted by molar-refractivity contribution is 9.10. The first-order chi connectivity index (χ1) is 12.9. The smallest absolute Gasteiger partial charge is 0.277 e. The molecule has 27 heavy (non-hydrogen) atoms. The zero-order valence-corrected chi connectivity index (χ0v) is 16.8. The Morgan fingerprint density at radius 1 is 1.15 bits per heavy atom. The lowest BCUT2D eigenvalue weighted by atomic mass is 10.1. The molecule has 0 saturated heterocycles. The summed E-state index contributed by atoms with van der Waals surface area (Å²) in [4.78, 5) is 17.3. The third-order valence-electron chi connectivity index (χ3n) is 4.44. The molecule has 7 heteroatoms. The number of nitrogens with one attached hydrogen (secondary N) is 1. The van der Waals surface area contributed by atoms with Crippen molar-refractivity contribution in [3.05, 3.63) is 70.2 Å². The van der Waals surface area contributed by atoms with Crippen molar-refractivity contribution in [2.45, 2.75) is 13.8 Å². The van der Waals surface area contributed by atoms with Crippen LogP contribution in [-0.4, -0.2) is 25.1 Å². The van der Waals surface area contributed by atoms with E-state index in [-0.39, 0.29) is 5.91 Å². The van der Waals surface area contributed by atoms with Crippen LogP contribution in [0.15, 0.2) is 53.3 Å². The Hall–Kier alpha value is -2.93. The van der Waals surface area contributed by atoms with E-state index in [2.05, 4.69) is 31.3 Å². The zero-order valence-electron chi connectivity index (χ0n) is 15.2. The first-order valence-electron chi connectivity index (χ1n) is 8.48. The van der Waals surface area contributed by atoms with Crippen LogP contribution in [0.4, 0.5) is 5.82 Å². The summed E-state index contributed by atoms with van der Waals surface area (Å²) in [5.41, 5.74) is 4.94. The van der Waals surface area contributed by atoms with Gasteiger partial charge in [0, 0.05) is 29.5 Å². The standard InChI is InChI=1S/C20H18BrN5O/c1-12-8-9-26-11-16(22-17(26)10-12)20(27)23-19-18(13(2)24-25(19)3)14-4-6-15(21)7-5-14/h4-11H,1-3H3,(H,23,27). The van der Waals surface area contributed by atoms with E-state index in [1.54, 1.807) is 10.9 Å². The molecule has 0 aliphatic heterocycles. The fraction of sp³-hybridized carbons (Fsp3) is 0.150. The Labute approximate surface area is 165 Å². The molecule has 0 radical (unpaired) electrons. The number of carbonyl (C=O) groups is 1. The Bertz CT molecular complexity index is 1160. The fourth-order valence-electron chi connectivity index (χ4n) is 3.13. The number of pyridine rings is 1. The third-order valence-corrected chi connectivity index (χ3v) is 4.96. The minimum atomic E-state index is -0.266. The lowest BCUT2D eigenvalue weighted by Gasteiger charge is -2.08. The summed E-state index contributed by atoms with van der Waals surface area (Å²) in [5.74, 6) is 0.380. The normalized spacial score (nSPS) is 11.1. The fourth-order valence-corrected chi connectivity index (χ4v) is 3.39. The minimum absolute atomic E-state index is 0.266. The van der Waals surface area contributed by atoms with Gasteiger partial charge in [0.25, 0.3) is 5.91 Å². The third kappa shape index (κ3) is 3.26. The molecule has 0 unspecified atom stereocenters. The van der Waals surface area contributed by atoms with Crippen LogP contribution in [0, 0.1) is 13.8 Å². The molecule has 0 aliphatic carbocycles. The number of carbonyl (C=O) groups excluding carboxylic acids is 1. The molecule has 1 aromatic carbocycles. The van der Waals surface area contributed by atoms with E-state index in [9.17, 15) is 4.79 Å². The second-order valence-electron chi connectivity index (χ2n) is 6.49. The van der Waals surface area contributed by atoms with Crippen LogP contribution in [0.1, 0.15) is 21.7 Å². The number of hydrogen-bond acceptors (Lipinski definition) is 3. The average molecular weight is 424 g/mol. The number of hydrogen-bond donors (Lipinski definition) is 1. The highest BCUT2D eigenvalue weighted by Gasteiger charge is 2.19. The maximum Gasteiger partial charge on any atom is 0.277 e. The maximum absolute atomic E-state index is 12.8. The van der Waals surface area contributed by atoms with Crippen molar-refractivity contribution in [2.75, 3.05) is 5.32 Å². The summed E-state index contributed by atoms with van der Waals surface area (Å²) >= 11 is 3.45. The van der Waals surface area contributed by atoms with Gasteiger partial charge in [0.1, 0.15) is 17.2 Å². The van der Waals surface area contributed by atoms with Gasteiger partial charge < -0.3 is 9.72 Å². The van der Waals surface area contributed by atoms with Crippen LogP contribution in [0.5, 0.6) is 0 Å². The summed E-state index contributed by atoms with van der Waals surface area (Å²) in [6.07, 6.45) is 3.63. The quantitative estimate of drug-likeness (QED) is 0.532. The van der Waals surface area contributed by atoms with Gasteiger partial charge in [-0.2, -0.15) is 5.10 Å². The molecule has 0 spiro atoms. The Kier molecular flexibility index (Phi) is 4.31. The average Bonchev–Trinajstić information content (AvgIpc) is 3.16. The molecule has 1 N–H and O–H groups in total. The first-order valence-corrected chi connectivity index (χ1v) is 9.28. The predicted octanol–water partition coefficient (Wildman–Crippen LogP) is 4.37. The van der Waals surface area contributed by atoms with E-state index < -0.39 is 0 Å². The Balaban J connectivity index is 1.71. The lowest BCUT2D eigenvalue weighted by Crippen LogP contribution is -2.15. The molecule has 3 aromatic heterocycles. The van der Waals surface area contributed by atoms with Crippen LogP contribution >= 0.6 is 15.9 Å². The zero-order chi connectivity index (χ0) is 19.1. The van der Waals surface area contributed by atoms with E-state index in [4.69, 9.17) is 0 Å². The van der Waals surface area contributed by atoms with E-state index in [0.29, 0.717) is 11.5 Å². The molecule has 0 atom stereocenters. The van der Waals surface area contributed by atoms with Crippen molar-refractivity contribution in [3.8, 4) is 11.1 Å². The number of benzene rings is 1. The minimum Gasteiger partial charge on any atom is -0.306 e. The molecule has 136 valence electrons. The molecule has 0 aliphatic rings.